The van der Waals surface area contributed by atoms with Crippen LogP contribution in [0.1, 0.15) is 5.56 Å². The highest BCUT2D eigenvalue weighted by Gasteiger charge is 2.15. The Labute approximate surface area is 185 Å². The Morgan fingerprint density at radius 2 is 2.00 bits per heavy atom. The predicted octanol–water partition coefficient (Wildman–Crippen LogP) is 5.74. The largest absolute Gasteiger partial charge is 0.484 e. The van der Waals surface area contributed by atoms with Crippen LogP contribution in [0.4, 0.5) is 5.95 Å². The number of thiazole rings is 1. The Morgan fingerprint density at radius 3 is 2.76 bits per heavy atom. The molecule has 0 bridgehead atoms. The fourth-order valence-corrected chi connectivity index (χ4v) is 4.08. The molecule has 0 atom stereocenters. The van der Waals surface area contributed by atoms with Crippen LogP contribution in [0.2, 0.25) is 15.1 Å². The van der Waals surface area contributed by atoms with Gasteiger partial charge in [-0.05, 0) is 48.9 Å². The number of nitrogens with one attached hydrogen (secondary N) is 1. The van der Waals surface area contributed by atoms with Crippen molar-refractivity contribution in [3.05, 3.63) is 62.4 Å². The Bertz CT molecular complexity index is 1220. The lowest BCUT2D eigenvalue weighted by atomic mass is 10.2. The summed E-state index contributed by atoms with van der Waals surface area (Å²) in [4.78, 5) is 17.1. The average Bonchev–Trinajstić information content (AvgIpc) is 3.23. The number of halogens is 3. The van der Waals surface area contributed by atoms with Crippen LogP contribution in [0, 0.1) is 6.92 Å². The first-order valence-corrected chi connectivity index (χ1v) is 10.4. The molecular weight excluding hydrogens is 455 g/mol. The highest BCUT2D eigenvalue weighted by atomic mass is 35.5. The minimum atomic E-state index is -0.373. The molecule has 29 heavy (non-hydrogen) atoms. The zero-order valence-electron chi connectivity index (χ0n) is 14.9. The molecule has 2 aromatic carbocycles. The van der Waals surface area contributed by atoms with Crippen LogP contribution in [-0.4, -0.2) is 27.1 Å². The number of carbonyl (C=O) groups excluding carboxylic acids is 1. The average molecular weight is 468 g/mol. The van der Waals surface area contributed by atoms with Gasteiger partial charge in [-0.15, -0.1) is 16.4 Å². The van der Waals surface area contributed by atoms with Crippen molar-refractivity contribution in [2.75, 3.05) is 11.9 Å². The van der Waals surface area contributed by atoms with Gasteiger partial charge in [0.2, 0.25) is 4.96 Å². The summed E-state index contributed by atoms with van der Waals surface area (Å²) in [6.45, 7) is 1.69. The molecule has 6 nitrogen and oxygen atoms in total. The molecule has 4 aromatic rings. The number of nitrogens with zero attached hydrogens (tertiary/aromatic N) is 3. The lowest BCUT2D eigenvalue weighted by Gasteiger charge is -2.07. The first kappa shape index (κ1) is 20.0. The van der Waals surface area contributed by atoms with E-state index < -0.39 is 0 Å². The fourth-order valence-electron chi connectivity index (χ4n) is 2.63. The summed E-state index contributed by atoms with van der Waals surface area (Å²) in [6, 6.07) is 10.4. The van der Waals surface area contributed by atoms with Crippen molar-refractivity contribution >= 4 is 63.0 Å². The minimum absolute atomic E-state index is 0.177. The molecule has 0 radical (unpaired) electrons. The van der Waals surface area contributed by atoms with Gasteiger partial charge < -0.3 is 4.74 Å². The molecule has 0 saturated carbocycles. The number of hydrogen-bond acceptors (Lipinski definition) is 5. The third kappa shape index (κ3) is 4.33. The number of aryl methyl sites for hydroxylation is 1. The monoisotopic (exact) mass is 466 g/mol. The van der Waals surface area contributed by atoms with E-state index in [0.29, 0.717) is 25.8 Å². The molecule has 0 saturated heterocycles. The molecule has 0 aliphatic heterocycles. The topological polar surface area (TPSA) is 68.5 Å². The van der Waals surface area contributed by atoms with Crippen LogP contribution in [0.25, 0.3) is 16.2 Å². The maximum Gasteiger partial charge on any atom is 0.264 e. The Kier molecular flexibility index (Phi) is 5.65. The van der Waals surface area contributed by atoms with Gasteiger partial charge in [-0.1, -0.05) is 34.8 Å². The molecule has 0 aliphatic rings. The second-order valence-corrected chi connectivity index (χ2v) is 8.21. The predicted molar refractivity (Wildman–Crippen MR) is 117 cm³/mol. The smallest absolute Gasteiger partial charge is 0.264 e. The summed E-state index contributed by atoms with van der Waals surface area (Å²) < 4.78 is 7.11. The van der Waals surface area contributed by atoms with E-state index in [1.807, 2.05) is 18.4 Å². The Morgan fingerprint density at radius 1 is 1.17 bits per heavy atom. The zero-order valence-corrected chi connectivity index (χ0v) is 18.0. The van der Waals surface area contributed by atoms with Gasteiger partial charge in [0.15, 0.2) is 6.61 Å². The van der Waals surface area contributed by atoms with Gasteiger partial charge in [-0.2, -0.15) is 4.98 Å². The molecule has 0 fully saturated rings. The molecule has 0 spiro atoms. The van der Waals surface area contributed by atoms with Gasteiger partial charge >= 0.3 is 0 Å². The van der Waals surface area contributed by atoms with E-state index in [2.05, 4.69) is 15.4 Å². The van der Waals surface area contributed by atoms with Crippen molar-refractivity contribution in [3.63, 3.8) is 0 Å². The highest BCUT2D eigenvalue weighted by molar-refractivity contribution is 7.15. The number of ether oxygens (including phenoxy) is 1. The van der Waals surface area contributed by atoms with Gasteiger partial charge in [-0.25, -0.2) is 4.52 Å². The summed E-state index contributed by atoms with van der Waals surface area (Å²) in [5, 5.41) is 10.6. The Balaban J connectivity index is 1.48. The van der Waals surface area contributed by atoms with Crippen LogP contribution in [0.5, 0.6) is 5.75 Å². The van der Waals surface area contributed by atoms with E-state index in [1.54, 1.807) is 34.8 Å². The van der Waals surface area contributed by atoms with Gasteiger partial charge in [0.05, 0.1) is 10.7 Å². The molecule has 1 N–H and O–H groups in total. The van der Waals surface area contributed by atoms with Crippen molar-refractivity contribution < 1.29 is 9.53 Å². The third-order valence-corrected chi connectivity index (χ3v) is 5.83. The zero-order chi connectivity index (χ0) is 20.5. The van der Waals surface area contributed by atoms with E-state index in [0.717, 1.165) is 16.8 Å². The molecule has 0 unspecified atom stereocenters. The molecular formula is C19H13Cl3N4O2S. The molecule has 4 rings (SSSR count). The molecule has 10 heteroatoms. The number of hydrogen-bond donors (Lipinski definition) is 1. The highest BCUT2D eigenvalue weighted by Crippen LogP contribution is 2.33. The number of anilines is 1. The molecule has 2 aromatic heterocycles. The second-order valence-electron chi connectivity index (χ2n) is 6.12. The Hall–Kier alpha value is -2.32. The second kappa shape index (κ2) is 8.20. The lowest BCUT2D eigenvalue weighted by Crippen LogP contribution is -2.21. The van der Waals surface area contributed by atoms with Gasteiger partial charge in [0.25, 0.3) is 11.9 Å². The summed E-state index contributed by atoms with van der Waals surface area (Å²) in [5.74, 6) is 0.367. The van der Waals surface area contributed by atoms with Crippen molar-refractivity contribution in [2.45, 2.75) is 6.92 Å². The minimum Gasteiger partial charge on any atom is -0.484 e. The summed E-state index contributed by atoms with van der Waals surface area (Å²) in [6.07, 6.45) is 0. The van der Waals surface area contributed by atoms with Crippen LogP contribution < -0.4 is 10.1 Å². The van der Waals surface area contributed by atoms with Crippen LogP contribution >= 0.6 is 46.1 Å². The maximum atomic E-state index is 12.2. The number of fused-ring (bicyclic) bond motifs is 1. The standard InChI is InChI=1S/C19H13Cl3N4O2S/c1-10-6-12(3-5-14(10)21)28-8-17(27)23-18-24-19-26(25-18)16(9-29-19)13-4-2-11(20)7-15(13)22/h2-7,9H,8H2,1H3,(H,23,25,27). The number of rotatable bonds is 5. The number of benzene rings is 2. The summed E-state index contributed by atoms with van der Waals surface area (Å²) in [7, 11) is 0. The third-order valence-electron chi connectivity index (χ3n) is 4.04. The van der Waals surface area contributed by atoms with Crippen LogP contribution in [0.3, 0.4) is 0 Å². The lowest BCUT2D eigenvalue weighted by molar-refractivity contribution is -0.118. The van der Waals surface area contributed by atoms with E-state index in [4.69, 9.17) is 39.5 Å². The van der Waals surface area contributed by atoms with Gasteiger partial charge in [0, 0.05) is 21.0 Å². The van der Waals surface area contributed by atoms with Gasteiger partial charge in [0.1, 0.15) is 5.75 Å². The van der Waals surface area contributed by atoms with E-state index in [1.165, 1.54) is 11.3 Å². The molecule has 2 heterocycles. The van der Waals surface area contributed by atoms with Crippen molar-refractivity contribution in [1.82, 2.24) is 14.6 Å². The van der Waals surface area contributed by atoms with Crippen LogP contribution in [-0.2, 0) is 4.79 Å². The first-order valence-electron chi connectivity index (χ1n) is 8.39. The van der Waals surface area contributed by atoms with Crippen LogP contribution in [0.15, 0.2) is 41.8 Å². The number of carbonyl (C=O) groups is 1. The van der Waals surface area contributed by atoms with Gasteiger partial charge in [-0.3, -0.25) is 10.1 Å². The maximum absolute atomic E-state index is 12.2. The normalized spacial score (nSPS) is 11.0. The summed E-state index contributed by atoms with van der Waals surface area (Å²) in [5.41, 5.74) is 2.40. The molecule has 0 aliphatic carbocycles. The molecule has 148 valence electrons. The summed E-state index contributed by atoms with van der Waals surface area (Å²) >= 11 is 19.6. The number of amides is 1. The number of aromatic nitrogens is 3. The molecule has 1 amide bonds. The first-order chi connectivity index (χ1) is 13.9. The van der Waals surface area contributed by atoms with Crippen molar-refractivity contribution in [2.24, 2.45) is 0 Å². The van der Waals surface area contributed by atoms with E-state index in [-0.39, 0.29) is 18.5 Å². The van der Waals surface area contributed by atoms with E-state index >= 15 is 0 Å². The van der Waals surface area contributed by atoms with E-state index in [9.17, 15) is 4.79 Å². The fraction of sp³-hybridized carbons (Fsp3) is 0.105. The SMILES string of the molecule is Cc1cc(OCC(=O)Nc2nc3scc(-c4ccc(Cl)cc4Cl)n3n2)ccc1Cl. The van der Waals surface area contributed by atoms with Crippen molar-refractivity contribution in [1.29, 1.82) is 0 Å². The quantitative estimate of drug-likeness (QED) is 0.406. The van der Waals surface area contributed by atoms with Crippen molar-refractivity contribution in [3.8, 4) is 17.0 Å².